The van der Waals surface area contributed by atoms with Gasteiger partial charge in [-0.05, 0) is 33.0 Å². The number of hydrogen-bond acceptors (Lipinski definition) is 2. The zero-order valence-electron chi connectivity index (χ0n) is 10.4. The molecule has 0 heterocycles. The zero-order chi connectivity index (χ0) is 13.1. The molecule has 92 valence electrons. The summed E-state index contributed by atoms with van der Waals surface area (Å²) in [6, 6.07) is 8.19. The highest BCUT2D eigenvalue weighted by Crippen LogP contribution is 2.31. The molecule has 0 atom stereocenters. The van der Waals surface area contributed by atoms with Gasteiger partial charge in [0.2, 0.25) is 0 Å². The normalized spacial score (nSPS) is 10.6. The minimum absolute atomic E-state index is 0.480. The molecule has 0 saturated carbocycles. The van der Waals surface area contributed by atoms with E-state index >= 15 is 0 Å². The first-order valence-corrected chi connectivity index (χ1v) is 5.99. The fourth-order valence-corrected chi connectivity index (χ4v) is 2.53. The molecule has 2 rings (SSSR count). The minimum atomic E-state index is 0.480. The van der Waals surface area contributed by atoms with Crippen LogP contribution >= 0.6 is 0 Å². The molecule has 4 N–H and O–H groups in total. The van der Waals surface area contributed by atoms with Crippen molar-refractivity contribution in [2.24, 2.45) is 11.5 Å². The number of hydrogen-bond donors (Lipinski definition) is 2. The monoisotopic (exact) mass is 238 g/mol. The van der Waals surface area contributed by atoms with Crippen LogP contribution in [0.25, 0.3) is 22.9 Å². The van der Waals surface area contributed by atoms with Gasteiger partial charge in [0, 0.05) is 13.1 Å². The molecule has 0 aliphatic heterocycles. The van der Waals surface area contributed by atoms with Gasteiger partial charge < -0.3 is 11.5 Å². The summed E-state index contributed by atoms with van der Waals surface area (Å²) < 4.78 is 0. The average Bonchev–Trinajstić information content (AvgIpc) is 2.44. The van der Waals surface area contributed by atoms with E-state index in [1.807, 2.05) is 24.3 Å². The second-order valence-electron chi connectivity index (χ2n) is 4.15. The van der Waals surface area contributed by atoms with Gasteiger partial charge in [-0.3, -0.25) is 0 Å². The second kappa shape index (κ2) is 5.17. The van der Waals surface area contributed by atoms with Gasteiger partial charge in [0.15, 0.2) is 0 Å². The zero-order valence-corrected chi connectivity index (χ0v) is 10.4. The Bertz CT molecular complexity index is 558. The number of nitrogens with two attached hydrogens (primary N) is 2. The van der Waals surface area contributed by atoms with Crippen LogP contribution in [0.15, 0.2) is 37.4 Å². The average molecular weight is 238 g/mol. The minimum Gasteiger partial charge on any atom is -0.326 e. The van der Waals surface area contributed by atoms with E-state index in [1.165, 1.54) is 0 Å². The number of rotatable bonds is 4. The van der Waals surface area contributed by atoms with Crippen LogP contribution in [0.1, 0.15) is 22.3 Å². The Morgan fingerprint density at radius 3 is 1.50 bits per heavy atom. The van der Waals surface area contributed by atoms with Gasteiger partial charge in [-0.1, -0.05) is 49.6 Å². The van der Waals surface area contributed by atoms with Crippen molar-refractivity contribution < 1.29 is 0 Å². The molecule has 2 aromatic carbocycles. The van der Waals surface area contributed by atoms with Crippen molar-refractivity contribution in [3.05, 3.63) is 59.7 Å². The van der Waals surface area contributed by atoms with Crippen molar-refractivity contribution in [2.75, 3.05) is 0 Å². The second-order valence-corrected chi connectivity index (χ2v) is 4.15. The highest BCUT2D eigenvalue weighted by molar-refractivity contribution is 5.95. The Balaban J connectivity index is 3.03. The maximum absolute atomic E-state index is 5.89. The van der Waals surface area contributed by atoms with E-state index in [9.17, 15) is 0 Å². The van der Waals surface area contributed by atoms with Crippen LogP contribution in [0.5, 0.6) is 0 Å². The van der Waals surface area contributed by atoms with E-state index < -0.39 is 0 Å². The molecule has 2 nitrogen and oxygen atoms in total. The number of benzene rings is 2. The summed E-state index contributed by atoms with van der Waals surface area (Å²) in [4.78, 5) is 0. The first-order chi connectivity index (χ1) is 8.78. The van der Waals surface area contributed by atoms with Crippen molar-refractivity contribution in [3.63, 3.8) is 0 Å². The Morgan fingerprint density at radius 2 is 1.22 bits per heavy atom. The van der Waals surface area contributed by atoms with Gasteiger partial charge in [0.1, 0.15) is 0 Å². The molecule has 18 heavy (non-hydrogen) atoms. The maximum Gasteiger partial charge on any atom is 0.0190 e. The first kappa shape index (κ1) is 12.6. The van der Waals surface area contributed by atoms with Gasteiger partial charge >= 0.3 is 0 Å². The molecule has 0 fully saturated rings. The first-order valence-electron chi connectivity index (χ1n) is 5.99. The predicted molar refractivity (Wildman–Crippen MR) is 79.9 cm³/mol. The lowest BCUT2D eigenvalue weighted by atomic mass is 9.89. The lowest BCUT2D eigenvalue weighted by molar-refractivity contribution is 1.05. The molecule has 0 aromatic heterocycles. The molecule has 0 unspecified atom stereocenters. The van der Waals surface area contributed by atoms with Crippen LogP contribution in [0.2, 0.25) is 0 Å². The van der Waals surface area contributed by atoms with E-state index in [2.05, 4.69) is 25.3 Å². The highest BCUT2D eigenvalue weighted by Gasteiger charge is 2.13. The molecule has 0 radical (unpaired) electrons. The molecule has 0 spiro atoms. The maximum atomic E-state index is 5.89. The molecule has 0 amide bonds. The summed E-state index contributed by atoms with van der Waals surface area (Å²) in [7, 11) is 0. The Morgan fingerprint density at radius 1 is 0.833 bits per heavy atom. The molecule has 2 aromatic rings. The van der Waals surface area contributed by atoms with Crippen molar-refractivity contribution >= 4 is 22.9 Å². The van der Waals surface area contributed by atoms with Gasteiger partial charge in [0.25, 0.3) is 0 Å². The SMILES string of the molecule is C=Cc1c(C=C)c(CN)c2ccccc2c1CN. The van der Waals surface area contributed by atoms with Gasteiger partial charge in [-0.15, -0.1) is 0 Å². The predicted octanol–water partition coefficient (Wildman–Crippen LogP) is 3.04. The van der Waals surface area contributed by atoms with Crippen molar-refractivity contribution in [3.8, 4) is 0 Å². The van der Waals surface area contributed by atoms with E-state index in [0.29, 0.717) is 13.1 Å². The quantitative estimate of drug-likeness (QED) is 0.860. The Kier molecular flexibility index (Phi) is 3.60. The third kappa shape index (κ3) is 1.76. The largest absolute Gasteiger partial charge is 0.326 e. The van der Waals surface area contributed by atoms with E-state index in [0.717, 1.165) is 33.0 Å². The third-order valence-corrected chi connectivity index (χ3v) is 3.33. The van der Waals surface area contributed by atoms with Crippen molar-refractivity contribution in [1.29, 1.82) is 0 Å². The van der Waals surface area contributed by atoms with Crippen LogP contribution in [-0.2, 0) is 13.1 Å². The van der Waals surface area contributed by atoms with Crippen LogP contribution < -0.4 is 11.5 Å². The Labute approximate surface area is 108 Å². The van der Waals surface area contributed by atoms with Crippen molar-refractivity contribution in [1.82, 2.24) is 0 Å². The van der Waals surface area contributed by atoms with Crippen molar-refractivity contribution in [2.45, 2.75) is 13.1 Å². The van der Waals surface area contributed by atoms with E-state index in [-0.39, 0.29) is 0 Å². The topological polar surface area (TPSA) is 52.0 Å². The molecule has 0 aliphatic rings. The lowest BCUT2D eigenvalue weighted by Crippen LogP contribution is -2.08. The highest BCUT2D eigenvalue weighted by atomic mass is 14.5. The van der Waals surface area contributed by atoms with E-state index in [4.69, 9.17) is 11.5 Å². The summed E-state index contributed by atoms with van der Waals surface area (Å²) in [5.74, 6) is 0. The summed E-state index contributed by atoms with van der Waals surface area (Å²) in [5.41, 5.74) is 16.1. The summed E-state index contributed by atoms with van der Waals surface area (Å²) >= 11 is 0. The summed E-state index contributed by atoms with van der Waals surface area (Å²) in [6.45, 7) is 8.73. The van der Waals surface area contributed by atoms with Gasteiger partial charge in [0.05, 0.1) is 0 Å². The molecule has 0 saturated heterocycles. The van der Waals surface area contributed by atoms with Gasteiger partial charge in [-0.2, -0.15) is 0 Å². The molecular weight excluding hydrogens is 220 g/mol. The fraction of sp³-hybridized carbons (Fsp3) is 0.125. The van der Waals surface area contributed by atoms with Crippen LogP contribution in [0.3, 0.4) is 0 Å². The Hall–Kier alpha value is -1.90. The number of fused-ring (bicyclic) bond motifs is 1. The molecule has 2 heteroatoms. The summed E-state index contributed by atoms with van der Waals surface area (Å²) in [6.07, 6.45) is 3.68. The molecular formula is C16H18N2. The van der Waals surface area contributed by atoms with Crippen LogP contribution in [0, 0.1) is 0 Å². The smallest absolute Gasteiger partial charge is 0.0190 e. The molecule has 0 bridgehead atoms. The standard InChI is InChI=1S/C16H18N2/c1-3-11-12(4-2)16(10-18)14-8-6-5-7-13(14)15(11)9-17/h3-8H,1-2,9-10,17-18H2. The lowest BCUT2D eigenvalue weighted by Gasteiger charge is -2.17. The van der Waals surface area contributed by atoms with E-state index in [1.54, 1.807) is 0 Å². The van der Waals surface area contributed by atoms with Crippen LogP contribution in [-0.4, -0.2) is 0 Å². The molecule has 0 aliphatic carbocycles. The van der Waals surface area contributed by atoms with Gasteiger partial charge in [-0.25, -0.2) is 0 Å². The van der Waals surface area contributed by atoms with Crippen LogP contribution in [0.4, 0.5) is 0 Å². The fourth-order valence-electron chi connectivity index (χ4n) is 2.53. The summed E-state index contributed by atoms with van der Waals surface area (Å²) in [5, 5.41) is 2.31. The third-order valence-electron chi connectivity index (χ3n) is 3.33.